The van der Waals surface area contributed by atoms with Gasteiger partial charge in [0.2, 0.25) is 0 Å². The van der Waals surface area contributed by atoms with Crippen LogP contribution in [-0.4, -0.2) is 50.1 Å². The molecule has 1 amide bonds. The predicted octanol–water partition coefficient (Wildman–Crippen LogP) is 1.94. The van der Waals surface area contributed by atoms with Crippen molar-refractivity contribution in [3.63, 3.8) is 0 Å². The maximum Gasteiger partial charge on any atom is 0.255 e. The Labute approximate surface area is 146 Å². The third kappa shape index (κ3) is 4.30. The maximum atomic E-state index is 12.7. The number of nitrogens with zero attached hydrogens (tertiary/aromatic N) is 4. The molecule has 0 saturated heterocycles. The van der Waals surface area contributed by atoms with Gasteiger partial charge in [0.25, 0.3) is 5.91 Å². The van der Waals surface area contributed by atoms with E-state index in [1.165, 1.54) is 0 Å². The topological polar surface area (TPSA) is 71.2 Å². The Kier molecular flexibility index (Phi) is 5.53. The van der Waals surface area contributed by atoms with Crippen LogP contribution in [0.3, 0.4) is 0 Å². The number of aliphatic hydroxyl groups excluding tert-OH is 1. The Morgan fingerprint density at radius 1 is 1.12 bits per heavy atom. The zero-order valence-electron chi connectivity index (χ0n) is 13.8. The average Bonchev–Trinajstić information content (AvgIpc) is 3.20. The number of hydrogen-bond acceptors (Lipinski definition) is 4. The number of aliphatic hydroxyl groups is 1. The molecular formula is C19H20N4O2. The van der Waals surface area contributed by atoms with E-state index in [1.54, 1.807) is 46.5 Å². The fraction of sp³-hybridized carbons (Fsp3) is 0.211. The number of rotatable bonds is 7. The minimum atomic E-state index is -0.130. The highest BCUT2D eigenvalue weighted by Crippen LogP contribution is 2.09. The van der Waals surface area contributed by atoms with E-state index < -0.39 is 0 Å². The van der Waals surface area contributed by atoms with Gasteiger partial charge in [0.15, 0.2) is 0 Å². The number of benzene rings is 1. The molecule has 0 aliphatic rings. The molecule has 6 heteroatoms. The SMILES string of the molecule is O=C(c1ccc(-n2ccnc2)nc1)N(CCO)CCc1ccccc1. The van der Waals surface area contributed by atoms with E-state index in [4.69, 9.17) is 0 Å². The second-order valence-electron chi connectivity index (χ2n) is 5.63. The van der Waals surface area contributed by atoms with Crippen molar-refractivity contribution in [2.24, 2.45) is 0 Å². The van der Waals surface area contributed by atoms with Crippen molar-refractivity contribution >= 4 is 5.91 Å². The predicted molar refractivity (Wildman–Crippen MR) is 94.5 cm³/mol. The summed E-state index contributed by atoms with van der Waals surface area (Å²) < 4.78 is 1.77. The summed E-state index contributed by atoms with van der Waals surface area (Å²) in [4.78, 5) is 22.7. The highest BCUT2D eigenvalue weighted by Gasteiger charge is 2.16. The lowest BCUT2D eigenvalue weighted by atomic mass is 10.1. The summed E-state index contributed by atoms with van der Waals surface area (Å²) in [5.74, 6) is 0.571. The maximum absolute atomic E-state index is 12.7. The Hall–Kier alpha value is -2.99. The van der Waals surface area contributed by atoms with Crippen LogP contribution in [0.15, 0.2) is 67.4 Å². The van der Waals surface area contributed by atoms with Gasteiger partial charge >= 0.3 is 0 Å². The average molecular weight is 336 g/mol. The Morgan fingerprint density at radius 2 is 1.96 bits per heavy atom. The van der Waals surface area contributed by atoms with Gasteiger partial charge in [0.05, 0.1) is 12.2 Å². The number of imidazole rings is 1. The van der Waals surface area contributed by atoms with Crippen LogP contribution in [0.4, 0.5) is 0 Å². The number of hydrogen-bond donors (Lipinski definition) is 1. The second-order valence-corrected chi connectivity index (χ2v) is 5.63. The number of pyridine rings is 1. The van der Waals surface area contributed by atoms with Gasteiger partial charge in [-0.1, -0.05) is 30.3 Å². The van der Waals surface area contributed by atoms with E-state index in [9.17, 15) is 9.90 Å². The van der Waals surface area contributed by atoms with Gasteiger partial charge in [-0.15, -0.1) is 0 Å². The largest absolute Gasteiger partial charge is 0.395 e. The first kappa shape index (κ1) is 16.9. The second kappa shape index (κ2) is 8.21. The molecule has 0 atom stereocenters. The van der Waals surface area contributed by atoms with Crippen molar-refractivity contribution in [3.8, 4) is 5.82 Å². The highest BCUT2D eigenvalue weighted by molar-refractivity contribution is 5.94. The third-order valence-corrected chi connectivity index (χ3v) is 3.93. The first-order chi connectivity index (χ1) is 12.3. The van der Waals surface area contributed by atoms with E-state index in [2.05, 4.69) is 9.97 Å². The van der Waals surface area contributed by atoms with Crippen LogP contribution in [0.2, 0.25) is 0 Å². The summed E-state index contributed by atoms with van der Waals surface area (Å²) in [6, 6.07) is 13.5. The molecule has 0 radical (unpaired) electrons. The standard InChI is InChI=1S/C19H20N4O2/c24-13-12-22(10-8-16-4-2-1-3-5-16)19(25)17-6-7-18(21-14-17)23-11-9-20-15-23/h1-7,9,11,14-15,24H,8,10,12-13H2. The Morgan fingerprint density at radius 3 is 2.60 bits per heavy atom. The molecule has 0 spiro atoms. The summed E-state index contributed by atoms with van der Waals surface area (Å²) in [5.41, 5.74) is 1.66. The monoisotopic (exact) mass is 336 g/mol. The van der Waals surface area contributed by atoms with Crippen molar-refractivity contribution in [1.29, 1.82) is 0 Å². The molecule has 3 aromatic rings. The molecule has 0 fully saturated rings. The molecule has 2 heterocycles. The van der Waals surface area contributed by atoms with Crippen molar-refractivity contribution in [2.45, 2.75) is 6.42 Å². The van der Waals surface area contributed by atoms with Gasteiger partial charge in [-0.3, -0.25) is 9.36 Å². The van der Waals surface area contributed by atoms with Crippen LogP contribution in [-0.2, 0) is 6.42 Å². The van der Waals surface area contributed by atoms with Crippen LogP contribution in [0.25, 0.3) is 5.82 Å². The van der Waals surface area contributed by atoms with E-state index >= 15 is 0 Å². The van der Waals surface area contributed by atoms with Crippen LogP contribution < -0.4 is 0 Å². The van der Waals surface area contributed by atoms with Crippen molar-refractivity contribution in [1.82, 2.24) is 19.4 Å². The molecule has 1 N–H and O–H groups in total. The fourth-order valence-corrected chi connectivity index (χ4v) is 2.59. The van der Waals surface area contributed by atoms with Gasteiger partial charge in [-0.25, -0.2) is 9.97 Å². The molecule has 0 saturated carbocycles. The zero-order chi connectivity index (χ0) is 17.5. The van der Waals surface area contributed by atoms with Crippen molar-refractivity contribution in [3.05, 3.63) is 78.5 Å². The van der Waals surface area contributed by atoms with Gasteiger partial charge in [0.1, 0.15) is 12.1 Å². The van der Waals surface area contributed by atoms with Gasteiger partial charge in [-0.05, 0) is 24.1 Å². The summed E-state index contributed by atoms with van der Waals surface area (Å²) in [6.07, 6.45) is 7.43. The number of amides is 1. The molecule has 1 aromatic carbocycles. The van der Waals surface area contributed by atoms with Gasteiger partial charge in [0, 0.05) is 31.7 Å². The lowest BCUT2D eigenvalue weighted by molar-refractivity contribution is 0.0723. The lowest BCUT2D eigenvalue weighted by Gasteiger charge is -2.22. The van der Waals surface area contributed by atoms with E-state index in [0.29, 0.717) is 24.5 Å². The van der Waals surface area contributed by atoms with Crippen molar-refractivity contribution < 1.29 is 9.90 Å². The molecule has 128 valence electrons. The van der Waals surface area contributed by atoms with E-state index in [0.717, 1.165) is 12.0 Å². The number of carbonyl (C=O) groups is 1. The molecule has 0 unspecified atom stereocenters. The summed E-state index contributed by atoms with van der Waals surface area (Å²) in [5, 5.41) is 9.28. The molecular weight excluding hydrogens is 316 g/mol. The lowest BCUT2D eigenvalue weighted by Crippen LogP contribution is -2.35. The van der Waals surface area contributed by atoms with Gasteiger partial charge < -0.3 is 10.0 Å². The van der Waals surface area contributed by atoms with Crippen LogP contribution >= 0.6 is 0 Å². The smallest absolute Gasteiger partial charge is 0.255 e. The summed E-state index contributed by atoms with van der Waals surface area (Å²) in [7, 11) is 0. The normalized spacial score (nSPS) is 10.6. The first-order valence-corrected chi connectivity index (χ1v) is 8.16. The first-order valence-electron chi connectivity index (χ1n) is 8.16. The summed E-state index contributed by atoms with van der Waals surface area (Å²) >= 11 is 0. The molecule has 2 aromatic heterocycles. The van der Waals surface area contributed by atoms with Crippen LogP contribution in [0.5, 0.6) is 0 Å². The van der Waals surface area contributed by atoms with E-state index in [1.807, 2.05) is 30.3 Å². The Bertz CT molecular complexity index is 786. The zero-order valence-corrected chi connectivity index (χ0v) is 13.8. The van der Waals surface area contributed by atoms with E-state index in [-0.39, 0.29) is 12.5 Å². The molecule has 3 rings (SSSR count). The Balaban J connectivity index is 1.69. The summed E-state index contributed by atoms with van der Waals surface area (Å²) in [6.45, 7) is 0.780. The van der Waals surface area contributed by atoms with Crippen LogP contribution in [0.1, 0.15) is 15.9 Å². The number of aromatic nitrogens is 3. The highest BCUT2D eigenvalue weighted by atomic mass is 16.3. The molecule has 0 aliphatic carbocycles. The molecule has 25 heavy (non-hydrogen) atoms. The minimum Gasteiger partial charge on any atom is -0.395 e. The number of carbonyl (C=O) groups excluding carboxylic acids is 1. The van der Waals surface area contributed by atoms with Crippen LogP contribution in [0, 0.1) is 0 Å². The fourth-order valence-electron chi connectivity index (χ4n) is 2.59. The molecule has 6 nitrogen and oxygen atoms in total. The van der Waals surface area contributed by atoms with Crippen molar-refractivity contribution in [2.75, 3.05) is 19.7 Å². The molecule has 0 aliphatic heterocycles. The minimum absolute atomic E-state index is 0.0684. The quantitative estimate of drug-likeness (QED) is 0.716. The molecule has 0 bridgehead atoms. The van der Waals surface area contributed by atoms with Gasteiger partial charge in [-0.2, -0.15) is 0 Å². The third-order valence-electron chi connectivity index (χ3n) is 3.93.